The maximum atomic E-state index is 13.6. The molecule has 2 heterocycles. The number of methoxy groups -OCH3 is 1. The molecule has 0 bridgehead atoms. The summed E-state index contributed by atoms with van der Waals surface area (Å²) in [7, 11) is 1.91. The van der Waals surface area contributed by atoms with Crippen LogP contribution in [-0.4, -0.2) is 39.2 Å². The number of fused-ring (bicyclic) bond motifs is 6. The molecule has 0 saturated heterocycles. The lowest BCUT2D eigenvalue weighted by Crippen LogP contribution is -2.56. The van der Waals surface area contributed by atoms with Gasteiger partial charge in [0.15, 0.2) is 11.4 Å². The molecule has 6 nitrogen and oxygen atoms in total. The van der Waals surface area contributed by atoms with Crippen molar-refractivity contribution in [3.05, 3.63) is 18.6 Å². The summed E-state index contributed by atoms with van der Waals surface area (Å²) in [5, 5.41) is 4.51. The molecular weight excluding hydrogens is 448 g/mol. The summed E-state index contributed by atoms with van der Waals surface area (Å²) in [6.07, 6.45) is 16.7. The largest absolute Gasteiger partial charge is 0.384 e. The molecule has 0 spiro atoms. The first kappa shape index (κ1) is 25.8. The van der Waals surface area contributed by atoms with E-state index in [4.69, 9.17) is 4.74 Å². The lowest BCUT2D eigenvalue weighted by Gasteiger charge is -2.61. The monoisotopic (exact) mass is 494 g/mol. The standard InChI is InChI=1S/C28H40N4O2.C2H6/c1-18-8-11-28(17-34-3)19(14-18)4-5-20-21-6-7-23(27(21,2)10-9-22(20)28)25(33)16-32-15-24-26(31-32)30-13-12-29-24;1-2/h12-13,15,18-23H,4-11,14,16-17H2,1-3H3;1-2H3/t18?,19-,20?,21?,22?,23?,27?,28?;/m1./s1. The van der Waals surface area contributed by atoms with Crippen molar-refractivity contribution in [2.75, 3.05) is 13.7 Å². The van der Waals surface area contributed by atoms with Gasteiger partial charge in [-0.3, -0.25) is 9.48 Å². The number of nitrogens with zero attached hydrogens (tertiary/aromatic N) is 4. The number of carbonyl (C=O) groups is 1. The Labute approximate surface area is 217 Å². The Balaban J connectivity index is 0.00000130. The van der Waals surface area contributed by atoms with Crippen LogP contribution in [0.4, 0.5) is 0 Å². The molecule has 8 atom stereocenters. The minimum atomic E-state index is 0.129. The summed E-state index contributed by atoms with van der Waals surface area (Å²) in [6.45, 7) is 10.2. The number of carbonyl (C=O) groups excluding carboxylic acids is 1. The molecule has 2 aromatic rings. The second-order valence-corrected chi connectivity index (χ2v) is 12.4. The van der Waals surface area contributed by atoms with E-state index < -0.39 is 0 Å². The molecule has 6 rings (SSSR count). The van der Waals surface area contributed by atoms with Gasteiger partial charge in [0.2, 0.25) is 0 Å². The zero-order valence-electron chi connectivity index (χ0n) is 23.1. The Hall–Kier alpha value is -1.82. The van der Waals surface area contributed by atoms with Gasteiger partial charge in [0.05, 0.1) is 19.3 Å². The molecule has 0 aromatic carbocycles. The Morgan fingerprint density at radius 2 is 1.86 bits per heavy atom. The van der Waals surface area contributed by atoms with Crippen LogP contribution in [0.5, 0.6) is 0 Å². The van der Waals surface area contributed by atoms with Crippen molar-refractivity contribution in [2.24, 2.45) is 46.3 Å². The SMILES string of the molecule is CC.COCC12CCC(C)C[C@H]1CCC1C3CCC(C(=O)Cn4cc5nccnc5n4)C3(C)CCC12. The number of hydrogen-bond donors (Lipinski definition) is 0. The van der Waals surface area contributed by atoms with Gasteiger partial charge in [-0.25, -0.2) is 9.97 Å². The number of hydrogen-bond acceptors (Lipinski definition) is 5. The summed E-state index contributed by atoms with van der Waals surface area (Å²) in [4.78, 5) is 22.2. The number of Topliss-reactive ketones (excluding diaryl/α,β-unsaturated/α-hetero) is 1. The van der Waals surface area contributed by atoms with Crippen LogP contribution < -0.4 is 0 Å². The van der Waals surface area contributed by atoms with Crippen LogP contribution in [0.15, 0.2) is 18.6 Å². The van der Waals surface area contributed by atoms with Crippen LogP contribution >= 0.6 is 0 Å². The van der Waals surface area contributed by atoms with Gasteiger partial charge < -0.3 is 4.74 Å². The van der Waals surface area contributed by atoms with Gasteiger partial charge in [0, 0.05) is 25.4 Å². The van der Waals surface area contributed by atoms with E-state index in [1.165, 1.54) is 51.4 Å². The smallest absolute Gasteiger partial charge is 0.199 e. The van der Waals surface area contributed by atoms with E-state index in [0.717, 1.165) is 42.2 Å². The van der Waals surface area contributed by atoms with Gasteiger partial charge >= 0.3 is 0 Å². The topological polar surface area (TPSA) is 69.9 Å². The van der Waals surface area contributed by atoms with Crippen LogP contribution in [0.1, 0.15) is 85.5 Å². The molecule has 6 heteroatoms. The summed E-state index contributed by atoms with van der Waals surface area (Å²) < 4.78 is 7.70. The highest BCUT2D eigenvalue weighted by molar-refractivity contribution is 5.82. The lowest BCUT2D eigenvalue weighted by atomic mass is 9.44. The van der Waals surface area contributed by atoms with E-state index in [1.54, 1.807) is 17.1 Å². The summed E-state index contributed by atoms with van der Waals surface area (Å²) in [5.41, 5.74) is 1.88. The first-order valence-electron chi connectivity index (χ1n) is 14.6. The van der Waals surface area contributed by atoms with Crippen molar-refractivity contribution in [3.8, 4) is 0 Å². The molecule has 4 aliphatic rings. The molecule has 198 valence electrons. The highest BCUT2D eigenvalue weighted by Crippen LogP contribution is 2.68. The number of ketones is 1. The van der Waals surface area contributed by atoms with E-state index in [-0.39, 0.29) is 11.3 Å². The first-order valence-corrected chi connectivity index (χ1v) is 14.6. The maximum Gasteiger partial charge on any atom is 0.199 e. The second-order valence-electron chi connectivity index (χ2n) is 12.4. The van der Waals surface area contributed by atoms with Crippen molar-refractivity contribution in [3.63, 3.8) is 0 Å². The molecule has 2 aromatic heterocycles. The average Bonchev–Trinajstić information content (AvgIpc) is 3.45. The van der Waals surface area contributed by atoms with Gasteiger partial charge in [-0.15, -0.1) is 0 Å². The van der Waals surface area contributed by atoms with Crippen LogP contribution in [0.2, 0.25) is 0 Å². The third kappa shape index (κ3) is 4.12. The van der Waals surface area contributed by atoms with E-state index in [9.17, 15) is 4.79 Å². The van der Waals surface area contributed by atoms with Gasteiger partial charge in [0.1, 0.15) is 5.52 Å². The average molecular weight is 495 g/mol. The zero-order valence-corrected chi connectivity index (χ0v) is 23.1. The fourth-order valence-electron chi connectivity index (χ4n) is 9.50. The molecule has 36 heavy (non-hydrogen) atoms. The maximum absolute atomic E-state index is 13.6. The van der Waals surface area contributed by atoms with E-state index in [1.807, 2.05) is 27.2 Å². The normalized spacial score (nSPS) is 39.5. The fraction of sp³-hybridized carbons (Fsp3) is 0.800. The van der Waals surface area contributed by atoms with Gasteiger partial charge in [0.25, 0.3) is 0 Å². The van der Waals surface area contributed by atoms with Crippen LogP contribution in [0, 0.1) is 46.3 Å². The number of ether oxygens (including phenoxy) is 1. The predicted molar refractivity (Wildman–Crippen MR) is 142 cm³/mol. The van der Waals surface area contributed by atoms with Crippen molar-refractivity contribution in [1.82, 2.24) is 19.7 Å². The van der Waals surface area contributed by atoms with Crippen molar-refractivity contribution >= 4 is 16.9 Å². The third-order valence-corrected chi connectivity index (χ3v) is 10.9. The van der Waals surface area contributed by atoms with E-state index in [2.05, 4.69) is 28.9 Å². The van der Waals surface area contributed by atoms with Crippen LogP contribution in [0.3, 0.4) is 0 Å². The Morgan fingerprint density at radius 1 is 1.06 bits per heavy atom. The number of rotatable bonds is 5. The lowest BCUT2D eigenvalue weighted by molar-refractivity contribution is -0.154. The highest BCUT2D eigenvalue weighted by Gasteiger charge is 2.62. The van der Waals surface area contributed by atoms with Gasteiger partial charge in [-0.2, -0.15) is 5.10 Å². The molecule has 4 saturated carbocycles. The van der Waals surface area contributed by atoms with Crippen molar-refractivity contribution in [2.45, 2.75) is 92.0 Å². The van der Waals surface area contributed by atoms with Crippen LogP contribution in [-0.2, 0) is 16.1 Å². The highest BCUT2D eigenvalue weighted by atomic mass is 16.5. The molecule has 0 radical (unpaired) electrons. The summed E-state index contributed by atoms with van der Waals surface area (Å²) in [6, 6.07) is 0. The minimum Gasteiger partial charge on any atom is -0.384 e. The number of aromatic nitrogens is 4. The molecule has 4 aliphatic carbocycles. The van der Waals surface area contributed by atoms with Crippen LogP contribution in [0.25, 0.3) is 11.2 Å². The van der Waals surface area contributed by atoms with Gasteiger partial charge in [-0.05, 0) is 91.8 Å². The Morgan fingerprint density at radius 3 is 2.64 bits per heavy atom. The van der Waals surface area contributed by atoms with Crippen molar-refractivity contribution < 1.29 is 9.53 Å². The Kier molecular flexibility index (Phi) is 7.28. The van der Waals surface area contributed by atoms with E-state index >= 15 is 0 Å². The second kappa shape index (κ2) is 10.2. The third-order valence-electron chi connectivity index (χ3n) is 10.9. The summed E-state index contributed by atoms with van der Waals surface area (Å²) in [5.74, 6) is 4.40. The predicted octanol–water partition coefficient (Wildman–Crippen LogP) is 6.34. The zero-order chi connectivity index (χ0) is 25.5. The summed E-state index contributed by atoms with van der Waals surface area (Å²) >= 11 is 0. The molecular formula is C30H46N4O2. The fourth-order valence-corrected chi connectivity index (χ4v) is 9.50. The quantitative estimate of drug-likeness (QED) is 0.485. The molecule has 4 fully saturated rings. The molecule has 0 amide bonds. The van der Waals surface area contributed by atoms with Gasteiger partial charge in [-0.1, -0.05) is 34.1 Å². The molecule has 7 unspecified atom stereocenters. The van der Waals surface area contributed by atoms with Crippen molar-refractivity contribution in [1.29, 1.82) is 0 Å². The van der Waals surface area contributed by atoms with E-state index in [0.29, 0.717) is 29.3 Å². The minimum absolute atomic E-state index is 0.129. The Bertz CT molecular complexity index is 1040. The first-order chi connectivity index (χ1) is 17.4. The molecule has 0 aliphatic heterocycles. The molecule has 0 N–H and O–H groups in total.